The Morgan fingerprint density at radius 1 is 1.05 bits per heavy atom. The van der Waals surface area contributed by atoms with Crippen molar-refractivity contribution in [1.82, 2.24) is 10.2 Å². The van der Waals surface area contributed by atoms with Crippen LogP contribution in [0.1, 0.15) is 52.4 Å². The molecule has 114 valence electrons. The molecule has 4 heteroatoms. The predicted molar refractivity (Wildman–Crippen MR) is 85.0 cm³/mol. The van der Waals surface area contributed by atoms with Gasteiger partial charge in [-0.05, 0) is 31.6 Å². The van der Waals surface area contributed by atoms with E-state index in [9.17, 15) is 4.79 Å². The number of hydrogen-bond acceptors (Lipinski definition) is 3. The van der Waals surface area contributed by atoms with Crippen molar-refractivity contribution < 1.29 is 4.79 Å². The molecule has 1 amide bonds. The van der Waals surface area contributed by atoms with Crippen LogP contribution >= 0.6 is 11.8 Å². The van der Waals surface area contributed by atoms with Crippen LogP contribution < -0.4 is 5.32 Å². The van der Waals surface area contributed by atoms with Crippen molar-refractivity contribution in [1.29, 1.82) is 0 Å². The zero-order valence-electron chi connectivity index (χ0n) is 12.8. The van der Waals surface area contributed by atoms with E-state index in [-0.39, 0.29) is 6.04 Å². The van der Waals surface area contributed by atoms with Gasteiger partial charge in [-0.15, -0.1) is 0 Å². The molecule has 2 heterocycles. The number of carbonyl (C=O) groups is 1. The summed E-state index contributed by atoms with van der Waals surface area (Å²) in [5.74, 6) is 1.20. The predicted octanol–water partition coefficient (Wildman–Crippen LogP) is 2.65. The van der Waals surface area contributed by atoms with E-state index in [0.29, 0.717) is 22.4 Å². The molecule has 1 N–H and O–H groups in total. The largest absolute Gasteiger partial charge is 0.339 e. The Morgan fingerprint density at radius 3 is 2.50 bits per heavy atom. The first-order valence-electron chi connectivity index (χ1n) is 8.34. The SMILES string of the molecule is CC1CN(C(=O)C2CCC3CCCCC3N2)CC(C)S1. The van der Waals surface area contributed by atoms with Gasteiger partial charge in [-0.25, -0.2) is 0 Å². The number of fused-ring (bicyclic) bond motifs is 1. The highest BCUT2D eigenvalue weighted by Crippen LogP contribution is 2.33. The second-order valence-electron chi connectivity index (χ2n) is 6.95. The van der Waals surface area contributed by atoms with Crippen molar-refractivity contribution in [2.75, 3.05) is 13.1 Å². The first kappa shape index (κ1) is 14.7. The Labute approximate surface area is 127 Å². The molecule has 0 radical (unpaired) electrons. The Hall–Kier alpha value is -0.220. The molecule has 5 unspecified atom stereocenters. The maximum atomic E-state index is 12.8. The first-order valence-corrected chi connectivity index (χ1v) is 9.28. The van der Waals surface area contributed by atoms with E-state index in [0.717, 1.165) is 25.4 Å². The molecule has 0 aromatic heterocycles. The normalized spacial score (nSPS) is 42.1. The fourth-order valence-corrected chi connectivity index (χ4v) is 5.59. The molecule has 3 nitrogen and oxygen atoms in total. The third-order valence-corrected chi connectivity index (χ3v) is 6.41. The lowest BCUT2D eigenvalue weighted by atomic mass is 9.77. The van der Waals surface area contributed by atoms with Gasteiger partial charge in [-0.3, -0.25) is 4.79 Å². The van der Waals surface area contributed by atoms with Gasteiger partial charge in [0, 0.05) is 29.6 Å². The van der Waals surface area contributed by atoms with Crippen LogP contribution in [0.3, 0.4) is 0 Å². The quantitative estimate of drug-likeness (QED) is 0.807. The number of thioether (sulfide) groups is 1. The number of nitrogens with zero attached hydrogens (tertiary/aromatic N) is 1. The third-order valence-electron chi connectivity index (χ3n) is 5.18. The van der Waals surface area contributed by atoms with Crippen LogP contribution in [0, 0.1) is 5.92 Å². The van der Waals surface area contributed by atoms with Crippen LogP contribution in [-0.2, 0) is 4.79 Å². The summed E-state index contributed by atoms with van der Waals surface area (Å²) in [4.78, 5) is 14.9. The van der Waals surface area contributed by atoms with Crippen LogP contribution in [0.15, 0.2) is 0 Å². The van der Waals surface area contributed by atoms with E-state index in [4.69, 9.17) is 0 Å². The lowest BCUT2D eigenvalue weighted by Crippen LogP contribution is -2.57. The molecule has 0 aromatic carbocycles. The van der Waals surface area contributed by atoms with Crippen LogP contribution in [0.4, 0.5) is 0 Å². The summed E-state index contributed by atoms with van der Waals surface area (Å²) in [6.45, 7) is 6.35. The van der Waals surface area contributed by atoms with Crippen LogP contribution in [0.25, 0.3) is 0 Å². The summed E-state index contributed by atoms with van der Waals surface area (Å²) in [5.41, 5.74) is 0. The fourth-order valence-electron chi connectivity index (χ4n) is 4.27. The summed E-state index contributed by atoms with van der Waals surface area (Å²) in [6.07, 6.45) is 7.67. The van der Waals surface area contributed by atoms with E-state index < -0.39 is 0 Å². The number of amides is 1. The van der Waals surface area contributed by atoms with Crippen LogP contribution in [-0.4, -0.2) is 46.5 Å². The Balaban J connectivity index is 1.59. The summed E-state index contributed by atoms with van der Waals surface area (Å²) in [5, 5.41) is 4.84. The molecule has 2 saturated heterocycles. The van der Waals surface area contributed by atoms with E-state index in [1.165, 1.54) is 32.1 Å². The molecule has 0 bridgehead atoms. The first-order chi connectivity index (χ1) is 9.63. The van der Waals surface area contributed by atoms with Crippen LogP contribution in [0.2, 0.25) is 0 Å². The highest BCUT2D eigenvalue weighted by molar-refractivity contribution is 8.00. The molecule has 2 aliphatic heterocycles. The maximum absolute atomic E-state index is 12.8. The molecule has 0 spiro atoms. The average Bonchev–Trinajstić information content (AvgIpc) is 2.45. The van der Waals surface area contributed by atoms with Gasteiger partial charge in [0.15, 0.2) is 0 Å². The monoisotopic (exact) mass is 296 g/mol. The average molecular weight is 296 g/mol. The molecule has 1 saturated carbocycles. The number of rotatable bonds is 1. The van der Waals surface area contributed by atoms with E-state index in [1.54, 1.807) is 0 Å². The Morgan fingerprint density at radius 2 is 1.75 bits per heavy atom. The van der Waals surface area contributed by atoms with Gasteiger partial charge in [-0.2, -0.15) is 11.8 Å². The number of hydrogen-bond donors (Lipinski definition) is 1. The van der Waals surface area contributed by atoms with Crippen molar-refractivity contribution in [2.24, 2.45) is 5.92 Å². The van der Waals surface area contributed by atoms with Gasteiger partial charge in [0.25, 0.3) is 0 Å². The molecule has 3 aliphatic rings. The minimum Gasteiger partial charge on any atom is -0.339 e. The van der Waals surface area contributed by atoms with Gasteiger partial charge in [-0.1, -0.05) is 26.7 Å². The zero-order valence-corrected chi connectivity index (χ0v) is 13.6. The lowest BCUT2D eigenvalue weighted by molar-refractivity contribution is -0.135. The van der Waals surface area contributed by atoms with Crippen molar-refractivity contribution in [3.05, 3.63) is 0 Å². The second kappa shape index (κ2) is 6.27. The molecule has 3 fully saturated rings. The smallest absolute Gasteiger partial charge is 0.239 e. The summed E-state index contributed by atoms with van der Waals surface area (Å²) < 4.78 is 0. The molecule has 3 rings (SSSR count). The molecular formula is C16H28N2OS. The standard InChI is InChI=1S/C16H28N2OS/c1-11-9-18(10-12(2)20-11)16(19)15-8-7-13-5-3-4-6-14(13)17-15/h11-15,17H,3-10H2,1-2H3. The minimum atomic E-state index is 0.0943. The second-order valence-corrected chi connectivity index (χ2v) is 8.83. The zero-order chi connectivity index (χ0) is 14.1. The van der Waals surface area contributed by atoms with Gasteiger partial charge in [0.2, 0.25) is 5.91 Å². The fraction of sp³-hybridized carbons (Fsp3) is 0.938. The maximum Gasteiger partial charge on any atom is 0.239 e. The van der Waals surface area contributed by atoms with E-state index in [2.05, 4.69) is 24.1 Å². The van der Waals surface area contributed by atoms with Gasteiger partial charge < -0.3 is 10.2 Å². The third kappa shape index (κ3) is 3.16. The van der Waals surface area contributed by atoms with Gasteiger partial charge >= 0.3 is 0 Å². The lowest BCUT2D eigenvalue weighted by Gasteiger charge is -2.43. The van der Waals surface area contributed by atoms with Crippen molar-refractivity contribution >= 4 is 17.7 Å². The number of carbonyl (C=O) groups excluding carboxylic acids is 1. The van der Waals surface area contributed by atoms with Crippen molar-refractivity contribution in [3.8, 4) is 0 Å². The van der Waals surface area contributed by atoms with Crippen LogP contribution in [0.5, 0.6) is 0 Å². The molecule has 5 atom stereocenters. The van der Waals surface area contributed by atoms with Crippen molar-refractivity contribution in [2.45, 2.75) is 75.0 Å². The number of nitrogens with one attached hydrogen (secondary N) is 1. The van der Waals surface area contributed by atoms with E-state index in [1.807, 2.05) is 11.8 Å². The topological polar surface area (TPSA) is 32.3 Å². The minimum absolute atomic E-state index is 0.0943. The molecule has 20 heavy (non-hydrogen) atoms. The summed E-state index contributed by atoms with van der Waals surface area (Å²) >= 11 is 2.01. The highest BCUT2D eigenvalue weighted by atomic mass is 32.2. The van der Waals surface area contributed by atoms with Gasteiger partial charge in [0.1, 0.15) is 0 Å². The van der Waals surface area contributed by atoms with Crippen molar-refractivity contribution in [3.63, 3.8) is 0 Å². The molecular weight excluding hydrogens is 268 g/mol. The molecule has 1 aliphatic carbocycles. The highest BCUT2D eigenvalue weighted by Gasteiger charge is 2.37. The summed E-state index contributed by atoms with van der Waals surface area (Å²) in [6, 6.07) is 0.706. The number of piperidine rings is 1. The van der Waals surface area contributed by atoms with E-state index >= 15 is 0 Å². The Kier molecular flexibility index (Phi) is 4.61. The molecule has 0 aromatic rings. The van der Waals surface area contributed by atoms with Gasteiger partial charge in [0.05, 0.1) is 6.04 Å². The Bertz CT molecular complexity index is 352. The summed E-state index contributed by atoms with van der Waals surface area (Å²) in [7, 11) is 0.